The van der Waals surface area contributed by atoms with Gasteiger partial charge in [-0.1, -0.05) is 17.7 Å². The molecule has 1 aliphatic rings. The summed E-state index contributed by atoms with van der Waals surface area (Å²) < 4.78 is 20.1. The number of nitrogens with zero attached hydrogens (tertiary/aromatic N) is 3. The molecule has 1 fully saturated rings. The second-order valence-electron chi connectivity index (χ2n) is 8.86. The van der Waals surface area contributed by atoms with Gasteiger partial charge in [0, 0.05) is 19.2 Å². The molecule has 2 heterocycles. The maximum Gasteiger partial charge on any atom is 0.225 e. The van der Waals surface area contributed by atoms with Crippen LogP contribution in [0.5, 0.6) is 5.75 Å². The van der Waals surface area contributed by atoms with Crippen molar-refractivity contribution in [1.29, 1.82) is 0 Å². The van der Waals surface area contributed by atoms with E-state index < -0.39 is 37.1 Å². The van der Waals surface area contributed by atoms with Crippen molar-refractivity contribution < 1.29 is 29.2 Å². The molecule has 0 aliphatic carbocycles. The molecule has 0 saturated carbocycles. The van der Waals surface area contributed by atoms with Crippen LogP contribution in [0.2, 0.25) is 5.02 Å². The number of amides is 1. The van der Waals surface area contributed by atoms with Gasteiger partial charge in [-0.3, -0.25) is 4.79 Å². The first-order chi connectivity index (χ1) is 16.9. The summed E-state index contributed by atoms with van der Waals surface area (Å²) in [5, 5.41) is 30.8. The lowest BCUT2D eigenvalue weighted by Gasteiger charge is -2.31. The van der Waals surface area contributed by atoms with E-state index in [4.69, 9.17) is 16.3 Å². The molecule has 0 radical (unpaired) electrons. The van der Waals surface area contributed by atoms with E-state index in [0.717, 1.165) is 38.8 Å². The standard InChI is InChI=1S/C24H32ClFN4O5/c25-19-12-27-23(28-13-19)30-7-5-17(6-8-30)2-1-9-35-20-4-3-18(21(26)11-20)10-22(34)29-24(14-31,15-32)16-33/h3-4,11-13,17,31-33H,1-2,5-10,14-16H2,(H,29,34). The van der Waals surface area contributed by atoms with Gasteiger partial charge < -0.3 is 30.3 Å². The average molecular weight is 511 g/mol. The molecule has 192 valence electrons. The minimum Gasteiger partial charge on any atom is -0.493 e. The van der Waals surface area contributed by atoms with Crippen molar-refractivity contribution in [2.24, 2.45) is 5.92 Å². The van der Waals surface area contributed by atoms with Crippen molar-refractivity contribution in [3.05, 3.63) is 47.0 Å². The molecule has 0 spiro atoms. The molecule has 1 saturated heterocycles. The number of rotatable bonds is 12. The molecule has 1 aromatic carbocycles. The summed E-state index contributed by atoms with van der Waals surface area (Å²) in [7, 11) is 0. The van der Waals surface area contributed by atoms with E-state index in [1.54, 1.807) is 18.5 Å². The first-order valence-electron chi connectivity index (χ1n) is 11.7. The number of carbonyl (C=O) groups is 1. The molecule has 3 rings (SSSR count). The lowest BCUT2D eigenvalue weighted by molar-refractivity contribution is -0.124. The highest BCUT2D eigenvalue weighted by atomic mass is 35.5. The minimum absolute atomic E-state index is 0.147. The zero-order chi connectivity index (χ0) is 25.3. The Kier molecular flexibility index (Phi) is 10.0. The maximum absolute atomic E-state index is 14.5. The van der Waals surface area contributed by atoms with E-state index in [0.29, 0.717) is 29.2 Å². The van der Waals surface area contributed by atoms with Gasteiger partial charge in [0.25, 0.3) is 0 Å². The summed E-state index contributed by atoms with van der Waals surface area (Å²) >= 11 is 5.85. The van der Waals surface area contributed by atoms with Crippen molar-refractivity contribution in [2.75, 3.05) is 44.4 Å². The molecule has 35 heavy (non-hydrogen) atoms. The van der Waals surface area contributed by atoms with E-state index in [9.17, 15) is 24.5 Å². The van der Waals surface area contributed by atoms with Crippen LogP contribution in [0.25, 0.3) is 0 Å². The number of aliphatic hydroxyl groups is 3. The second-order valence-corrected chi connectivity index (χ2v) is 9.29. The van der Waals surface area contributed by atoms with Crippen LogP contribution in [0.15, 0.2) is 30.6 Å². The summed E-state index contributed by atoms with van der Waals surface area (Å²) in [5.41, 5.74) is -1.40. The number of aromatic nitrogens is 2. The lowest BCUT2D eigenvalue weighted by Crippen LogP contribution is -2.57. The van der Waals surface area contributed by atoms with Crippen molar-refractivity contribution in [1.82, 2.24) is 15.3 Å². The van der Waals surface area contributed by atoms with Gasteiger partial charge in [0.2, 0.25) is 11.9 Å². The van der Waals surface area contributed by atoms with Crippen molar-refractivity contribution in [3.63, 3.8) is 0 Å². The van der Waals surface area contributed by atoms with Gasteiger partial charge in [0.1, 0.15) is 17.1 Å². The summed E-state index contributed by atoms with van der Waals surface area (Å²) in [6, 6.07) is 4.32. The first-order valence-corrected chi connectivity index (χ1v) is 12.0. The van der Waals surface area contributed by atoms with Crippen LogP contribution < -0.4 is 15.0 Å². The van der Waals surface area contributed by atoms with E-state index >= 15 is 0 Å². The molecule has 0 atom stereocenters. The van der Waals surface area contributed by atoms with Crippen LogP contribution in [0.3, 0.4) is 0 Å². The molecule has 1 aromatic heterocycles. The van der Waals surface area contributed by atoms with Crippen LogP contribution in [-0.2, 0) is 11.2 Å². The minimum atomic E-state index is -1.54. The molecule has 2 aromatic rings. The highest BCUT2D eigenvalue weighted by molar-refractivity contribution is 6.30. The van der Waals surface area contributed by atoms with Crippen LogP contribution in [0, 0.1) is 11.7 Å². The molecule has 0 bridgehead atoms. The van der Waals surface area contributed by atoms with Crippen molar-refractivity contribution in [2.45, 2.75) is 37.6 Å². The quantitative estimate of drug-likeness (QED) is 0.318. The number of piperidine rings is 1. The van der Waals surface area contributed by atoms with E-state index in [1.807, 2.05) is 0 Å². The molecular weight excluding hydrogens is 479 g/mol. The van der Waals surface area contributed by atoms with Gasteiger partial charge >= 0.3 is 0 Å². The van der Waals surface area contributed by atoms with Crippen LogP contribution in [0.1, 0.15) is 31.2 Å². The van der Waals surface area contributed by atoms with Gasteiger partial charge in [0.05, 0.1) is 50.3 Å². The number of aliphatic hydroxyl groups excluding tert-OH is 3. The summed E-state index contributed by atoms with van der Waals surface area (Å²) in [5.74, 6) is 0.467. The SMILES string of the molecule is O=C(Cc1ccc(OCCCC2CCN(c3ncc(Cl)cn3)CC2)cc1F)NC(CO)(CO)CO. The Labute approximate surface area is 208 Å². The zero-order valence-electron chi connectivity index (χ0n) is 19.5. The third-order valence-electron chi connectivity index (χ3n) is 6.22. The second kappa shape index (κ2) is 13.0. The zero-order valence-corrected chi connectivity index (χ0v) is 20.3. The van der Waals surface area contributed by atoms with E-state index in [2.05, 4.69) is 20.2 Å². The van der Waals surface area contributed by atoms with Gasteiger partial charge in [-0.2, -0.15) is 0 Å². The summed E-state index contributed by atoms with van der Waals surface area (Å²) in [6.07, 6.45) is 6.86. The van der Waals surface area contributed by atoms with Gasteiger partial charge in [0.15, 0.2) is 0 Å². The number of ether oxygens (including phenoxy) is 1. The molecule has 11 heteroatoms. The fraction of sp³-hybridized carbons (Fsp3) is 0.542. The lowest BCUT2D eigenvalue weighted by atomic mass is 9.92. The van der Waals surface area contributed by atoms with Crippen molar-refractivity contribution in [3.8, 4) is 5.75 Å². The summed E-state index contributed by atoms with van der Waals surface area (Å²) in [4.78, 5) is 22.9. The number of halogens is 2. The smallest absolute Gasteiger partial charge is 0.225 e. The highest BCUT2D eigenvalue weighted by Crippen LogP contribution is 2.25. The first kappa shape index (κ1) is 27.1. The Morgan fingerprint density at radius 2 is 1.83 bits per heavy atom. The monoisotopic (exact) mass is 510 g/mol. The van der Waals surface area contributed by atoms with Crippen LogP contribution in [0.4, 0.5) is 10.3 Å². The molecule has 1 amide bonds. The third kappa shape index (κ3) is 7.73. The normalized spacial score (nSPS) is 14.7. The predicted molar refractivity (Wildman–Crippen MR) is 129 cm³/mol. The number of anilines is 1. The van der Waals surface area contributed by atoms with Gasteiger partial charge in [-0.15, -0.1) is 0 Å². The Morgan fingerprint density at radius 1 is 1.17 bits per heavy atom. The fourth-order valence-corrected chi connectivity index (χ4v) is 4.09. The largest absolute Gasteiger partial charge is 0.493 e. The number of carbonyl (C=O) groups excluding carboxylic acids is 1. The summed E-state index contributed by atoms with van der Waals surface area (Å²) in [6.45, 7) is 0.323. The fourth-order valence-electron chi connectivity index (χ4n) is 4.00. The molecule has 1 aliphatic heterocycles. The third-order valence-corrected chi connectivity index (χ3v) is 6.41. The topological polar surface area (TPSA) is 128 Å². The predicted octanol–water partition coefficient (Wildman–Crippen LogP) is 1.72. The van der Waals surface area contributed by atoms with E-state index in [-0.39, 0.29) is 12.0 Å². The number of hydrogen-bond donors (Lipinski definition) is 4. The van der Waals surface area contributed by atoms with Crippen LogP contribution in [-0.4, -0.2) is 76.3 Å². The number of hydrogen-bond acceptors (Lipinski definition) is 8. The molecular formula is C24H32ClFN4O5. The maximum atomic E-state index is 14.5. The Hall–Kier alpha value is -2.53. The van der Waals surface area contributed by atoms with Gasteiger partial charge in [-0.05, 0) is 43.2 Å². The van der Waals surface area contributed by atoms with Crippen molar-refractivity contribution >= 4 is 23.5 Å². The molecule has 4 N–H and O–H groups in total. The Morgan fingerprint density at radius 3 is 2.43 bits per heavy atom. The van der Waals surface area contributed by atoms with Crippen LogP contribution >= 0.6 is 11.6 Å². The molecule has 0 unspecified atom stereocenters. The Bertz CT molecular complexity index is 945. The number of benzene rings is 1. The number of nitrogens with one attached hydrogen (secondary N) is 1. The molecule has 9 nitrogen and oxygen atoms in total. The Balaban J connectivity index is 1.38. The van der Waals surface area contributed by atoms with E-state index in [1.165, 1.54) is 12.1 Å². The van der Waals surface area contributed by atoms with Gasteiger partial charge in [-0.25, -0.2) is 14.4 Å². The average Bonchev–Trinajstić information content (AvgIpc) is 2.88. The highest BCUT2D eigenvalue weighted by Gasteiger charge is 2.30.